The Kier molecular flexibility index (Phi) is 11.3. The van der Waals surface area contributed by atoms with Crippen LogP contribution in [0.4, 0.5) is 0 Å². The van der Waals surface area contributed by atoms with Gasteiger partial charge in [-0.3, -0.25) is 24.0 Å². The molecule has 16 nitrogen and oxygen atoms in total. The van der Waals surface area contributed by atoms with Gasteiger partial charge in [0.15, 0.2) is 0 Å². The fourth-order valence-electron chi connectivity index (χ4n) is 4.31. The third-order valence-corrected chi connectivity index (χ3v) is 6.61. The van der Waals surface area contributed by atoms with Gasteiger partial charge >= 0.3 is 17.9 Å². The number of imidazole rings is 1. The predicted octanol–water partition coefficient (Wildman–Crippen LogP) is -0.728. The molecule has 16 heteroatoms. The van der Waals surface area contributed by atoms with Crippen LogP contribution in [0.2, 0.25) is 0 Å². The van der Waals surface area contributed by atoms with Crippen LogP contribution in [0, 0.1) is 0 Å². The lowest BCUT2D eigenvalue weighted by atomic mass is 10.0. The summed E-state index contributed by atoms with van der Waals surface area (Å²) in [5, 5.41) is 35.5. The Hall–Kier alpha value is -5.25. The van der Waals surface area contributed by atoms with Crippen LogP contribution in [0.1, 0.15) is 36.9 Å². The predicted molar refractivity (Wildman–Crippen MR) is 149 cm³/mol. The first-order valence-electron chi connectivity index (χ1n) is 13.3. The van der Waals surface area contributed by atoms with Crippen molar-refractivity contribution in [2.45, 2.75) is 62.7 Å². The van der Waals surface area contributed by atoms with E-state index in [2.05, 4.69) is 30.9 Å². The number of carbonyl (C=O) groups excluding carboxylic acids is 3. The number of fused-ring (bicyclic) bond motifs is 1. The maximum absolute atomic E-state index is 13.6. The van der Waals surface area contributed by atoms with Gasteiger partial charge in [0.2, 0.25) is 17.7 Å². The molecule has 0 aliphatic rings. The van der Waals surface area contributed by atoms with Gasteiger partial charge in [-0.2, -0.15) is 0 Å². The number of carbonyl (C=O) groups is 6. The number of H-pyrrole nitrogens is 2. The second-order valence-electron chi connectivity index (χ2n) is 9.84. The minimum atomic E-state index is -1.54. The molecule has 0 saturated carbocycles. The lowest BCUT2D eigenvalue weighted by Crippen LogP contribution is -2.58. The number of nitrogens with zero attached hydrogens (tertiary/aromatic N) is 1. The molecule has 0 aliphatic carbocycles. The molecule has 2 aromatic heterocycles. The molecular formula is C27H33N7O9. The van der Waals surface area contributed by atoms with Gasteiger partial charge < -0.3 is 47.0 Å². The molecule has 0 aliphatic heterocycles. The summed E-state index contributed by atoms with van der Waals surface area (Å²) >= 11 is 0. The topological polar surface area (TPSA) is 270 Å². The number of rotatable bonds is 17. The summed E-state index contributed by atoms with van der Waals surface area (Å²) in [5.74, 6) is -6.35. The smallest absolute Gasteiger partial charge is 0.326 e. The van der Waals surface area contributed by atoms with Crippen LogP contribution < -0.4 is 21.7 Å². The van der Waals surface area contributed by atoms with Gasteiger partial charge in [0, 0.05) is 54.7 Å². The van der Waals surface area contributed by atoms with Crippen molar-refractivity contribution >= 4 is 46.5 Å². The Labute approximate surface area is 244 Å². The Morgan fingerprint density at radius 1 is 0.791 bits per heavy atom. The average Bonchev–Trinajstić information content (AvgIpc) is 3.62. The summed E-state index contributed by atoms with van der Waals surface area (Å²) in [4.78, 5) is 83.0. The first-order chi connectivity index (χ1) is 20.4. The molecule has 0 radical (unpaired) electrons. The second kappa shape index (κ2) is 15.1. The molecule has 3 rings (SSSR count). The zero-order valence-electron chi connectivity index (χ0n) is 22.9. The van der Waals surface area contributed by atoms with E-state index < -0.39 is 72.6 Å². The van der Waals surface area contributed by atoms with E-state index in [0.717, 1.165) is 10.9 Å². The van der Waals surface area contributed by atoms with Crippen molar-refractivity contribution < 1.29 is 44.1 Å². The van der Waals surface area contributed by atoms with E-state index in [9.17, 15) is 33.9 Å². The fraction of sp³-hybridized carbons (Fsp3) is 0.370. The third kappa shape index (κ3) is 9.67. The monoisotopic (exact) mass is 599 g/mol. The van der Waals surface area contributed by atoms with E-state index in [1.165, 1.54) is 12.5 Å². The number of nitrogens with two attached hydrogens (primary N) is 1. The van der Waals surface area contributed by atoms with E-state index in [1.54, 1.807) is 12.3 Å². The van der Waals surface area contributed by atoms with Gasteiger partial charge in [0.1, 0.15) is 18.1 Å². The molecular weight excluding hydrogens is 566 g/mol. The maximum atomic E-state index is 13.6. The van der Waals surface area contributed by atoms with Crippen LogP contribution in [0.3, 0.4) is 0 Å². The van der Waals surface area contributed by atoms with Crippen molar-refractivity contribution in [3.8, 4) is 0 Å². The number of aromatic nitrogens is 3. The van der Waals surface area contributed by atoms with Gasteiger partial charge in [-0.1, -0.05) is 18.2 Å². The molecule has 0 bridgehead atoms. The molecule has 0 saturated heterocycles. The van der Waals surface area contributed by atoms with Crippen molar-refractivity contribution in [1.29, 1.82) is 0 Å². The van der Waals surface area contributed by atoms with Crippen LogP contribution in [0.15, 0.2) is 43.0 Å². The zero-order valence-corrected chi connectivity index (χ0v) is 22.9. The number of nitrogens with one attached hydrogen (secondary N) is 5. The Morgan fingerprint density at radius 2 is 1.40 bits per heavy atom. The summed E-state index contributed by atoms with van der Waals surface area (Å²) in [6.45, 7) is 0. The number of benzene rings is 1. The molecule has 0 fully saturated rings. The number of hydrogen-bond acceptors (Lipinski definition) is 8. The normalized spacial score (nSPS) is 13.8. The van der Waals surface area contributed by atoms with Crippen molar-refractivity contribution in [2.24, 2.45) is 5.73 Å². The molecule has 1 aromatic carbocycles. The highest BCUT2D eigenvalue weighted by molar-refractivity contribution is 5.95. The summed E-state index contributed by atoms with van der Waals surface area (Å²) in [5.41, 5.74) is 7.72. The zero-order chi connectivity index (χ0) is 31.5. The quantitative estimate of drug-likeness (QED) is 0.0933. The van der Waals surface area contributed by atoms with Gasteiger partial charge in [0.05, 0.1) is 12.4 Å². The maximum Gasteiger partial charge on any atom is 0.326 e. The van der Waals surface area contributed by atoms with Crippen LogP contribution in [-0.2, 0) is 41.6 Å². The number of aromatic amines is 2. The molecule has 4 atom stereocenters. The highest BCUT2D eigenvalue weighted by Gasteiger charge is 2.31. The molecule has 3 aromatic rings. The van der Waals surface area contributed by atoms with Gasteiger partial charge in [-0.05, 0) is 24.5 Å². The van der Waals surface area contributed by atoms with Gasteiger partial charge in [0.25, 0.3) is 0 Å². The molecule has 3 amide bonds. The van der Waals surface area contributed by atoms with Gasteiger partial charge in [-0.25, -0.2) is 9.78 Å². The summed E-state index contributed by atoms with van der Waals surface area (Å²) < 4.78 is 0. The number of aliphatic carboxylic acids is 3. The van der Waals surface area contributed by atoms with Crippen molar-refractivity contribution in [3.63, 3.8) is 0 Å². The Balaban J connectivity index is 1.85. The molecule has 230 valence electrons. The van der Waals surface area contributed by atoms with Crippen LogP contribution in [-0.4, -0.2) is 90.1 Å². The summed E-state index contributed by atoms with van der Waals surface area (Å²) in [7, 11) is 0. The minimum Gasteiger partial charge on any atom is -0.481 e. The lowest BCUT2D eigenvalue weighted by molar-refractivity contribution is -0.143. The van der Waals surface area contributed by atoms with Gasteiger partial charge in [-0.15, -0.1) is 0 Å². The lowest BCUT2D eigenvalue weighted by Gasteiger charge is -2.25. The van der Waals surface area contributed by atoms with Crippen LogP contribution in [0.25, 0.3) is 10.9 Å². The van der Waals surface area contributed by atoms with Crippen molar-refractivity contribution in [2.75, 3.05) is 0 Å². The molecule has 2 heterocycles. The van der Waals surface area contributed by atoms with E-state index in [-0.39, 0.29) is 25.7 Å². The number of carboxylic acids is 3. The minimum absolute atomic E-state index is 0.0397. The number of carboxylic acid groups (broad SMARTS) is 3. The molecule has 10 N–H and O–H groups in total. The highest BCUT2D eigenvalue weighted by atomic mass is 16.4. The molecule has 43 heavy (non-hydrogen) atoms. The highest BCUT2D eigenvalue weighted by Crippen LogP contribution is 2.19. The second-order valence-corrected chi connectivity index (χ2v) is 9.84. The largest absolute Gasteiger partial charge is 0.481 e. The number of para-hydroxylation sites is 1. The van der Waals surface area contributed by atoms with E-state index in [4.69, 9.17) is 15.9 Å². The average molecular weight is 600 g/mol. The van der Waals surface area contributed by atoms with E-state index >= 15 is 0 Å². The number of hydrogen-bond donors (Lipinski definition) is 9. The van der Waals surface area contributed by atoms with E-state index in [1.807, 2.05) is 18.2 Å². The molecule has 4 unspecified atom stereocenters. The van der Waals surface area contributed by atoms with Crippen molar-refractivity contribution in [1.82, 2.24) is 30.9 Å². The number of amides is 3. The third-order valence-electron chi connectivity index (χ3n) is 6.61. The Bertz CT molecular complexity index is 1450. The summed E-state index contributed by atoms with van der Waals surface area (Å²) in [6, 6.07) is 1.84. The first-order valence-corrected chi connectivity index (χ1v) is 13.3. The summed E-state index contributed by atoms with van der Waals surface area (Å²) in [6.07, 6.45) is 2.76. The fourth-order valence-corrected chi connectivity index (χ4v) is 4.31. The van der Waals surface area contributed by atoms with Crippen LogP contribution in [0.5, 0.6) is 0 Å². The van der Waals surface area contributed by atoms with E-state index in [0.29, 0.717) is 11.3 Å². The standard InChI is InChI=1S/C27H33N7O9/c28-17(5-7-22(35)36)24(39)33-20(9-14-11-30-18-4-2-1-3-16(14)18)25(40)34-21(10-15-12-29-13-31-15)26(41)32-19(27(42)43)6-8-23(37)38/h1-4,11-13,17,19-21,30H,5-10,28H2,(H,29,31)(H,32,41)(H,33,39)(H,34,40)(H,35,36)(H,37,38)(H,42,43). The SMILES string of the molecule is NC(CCC(=O)O)C(=O)NC(Cc1c[nH]c2ccccc12)C(=O)NC(Cc1cnc[nH]1)C(=O)NC(CCC(=O)O)C(=O)O. The molecule has 0 spiro atoms. The Morgan fingerprint density at radius 3 is 2.02 bits per heavy atom. The van der Waals surface area contributed by atoms with Crippen LogP contribution >= 0.6 is 0 Å². The van der Waals surface area contributed by atoms with Crippen molar-refractivity contribution in [3.05, 3.63) is 54.2 Å². The first kappa shape index (κ1) is 32.3.